The average molecular weight is 421 g/mol. The van der Waals surface area contributed by atoms with Gasteiger partial charge in [-0.25, -0.2) is 17.9 Å². The highest BCUT2D eigenvalue weighted by atomic mass is 19.3. The maximum absolute atomic E-state index is 15.4. The van der Waals surface area contributed by atoms with Crippen LogP contribution in [-0.4, -0.2) is 26.3 Å². The third kappa shape index (κ3) is 3.09. The largest absolute Gasteiger partial charge is 0.376 e. The first-order chi connectivity index (χ1) is 15.0. The van der Waals surface area contributed by atoms with E-state index in [1.165, 1.54) is 24.4 Å². The van der Waals surface area contributed by atoms with Crippen molar-refractivity contribution >= 4 is 21.8 Å². The average Bonchev–Trinajstić information content (AvgIpc) is 3.42. The van der Waals surface area contributed by atoms with Crippen LogP contribution >= 0.6 is 0 Å². The topological polar surface area (TPSA) is 53.8 Å². The maximum Gasteiger partial charge on any atom is 0.274 e. The lowest BCUT2D eigenvalue weighted by Crippen LogP contribution is -2.39. The predicted octanol–water partition coefficient (Wildman–Crippen LogP) is 5.67. The van der Waals surface area contributed by atoms with Gasteiger partial charge in [0.1, 0.15) is 0 Å². The smallest absolute Gasteiger partial charge is 0.274 e. The van der Waals surface area contributed by atoms with Crippen molar-refractivity contribution in [3.8, 4) is 5.69 Å². The van der Waals surface area contributed by atoms with Gasteiger partial charge >= 0.3 is 0 Å². The van der Waals surface area contributed by atoms with Crippen LogP contribution in [0.15, 0.2) is 85.1 Å². The van der Waals surface area contributed by atoms with E-state index in [1.807, 2.05) is 30.3 Å². The van der Waals surface area contributed by atoms with E-state index in [4.69, 9.17) is 0 Å². The normalized spacial score (nSPS) is 14.9. The summed E-state index contributed by atoms with van der Waals surface area (Å²) in [4.78, 5) is 2.80. The van der Waals surface area contributed by atoms with Gasteiger partial charge < -0.3 is 10.1 Å². The molecule has 2 atom stereocenters. The number of hydrogen-bond donors (Lipinski definition) is 2. The zero-order valence-corrected chi connectivity index (χ0v) is 16.2. The lowest BCUT2D eigenvalue weighted by atomic mass is 9.87. The van der Waals surface area contributed by atoms with Crippen molar-refractivity contribution in [2.24, 2.45) is 0 Å². The van der Waals surface area contributed by atoms with E-state index in [0.717, 1.165) is 5.69 Å². The van der Waals surface area contributed by atoms with E-state index in [1.54, 1.807) is 35.0 Å². The van der Waals surface area contributed by atoms with Crippen LogP contribution in [0.3, 0.4) is 0 Å². The van der Waals surface area contributed by atoms with Gasteiger partial charge in [0.25, 0.3) is 6.43 Å². The molecule has 0 aliphatic carbocycles. The van der Waals surface area contributed by atoms with E-state index in [2.05, 4.69) is 10.1 Å². The summed E-state index contributed by atoms with van der Waals surface area (Å²) < 4.78 is 45.3. The first-order valence-electron chi connectivity index (χ1n) is 9.74. The van der Waals surface area contributed by atoms with Gasteiger partial charge in [0.2, 0.25) is 0 Å². The minimum atomic E-state index is -3.35. The van der Waals surface area contributed by atoms with Crippen molar-refractivity contribution in [1.29, 1.82) is 0 Å². The fraction of sp³-hybridized carbons (Fsp3) is 0.125. The van der Waals surface area contributed by atoms with Gasteiger partial charge in [-0.2, -0.15) is 5.10 Å². The zero-order valence-electron chi connectivity index (χ0n) is 16.2. The summed E-state index contributed by atoms with van der Waals surface area (Å²) in [6, 6.07) is 22.0. The minimum Gasteiger partial charge on any atom is -0.376 e. The quantitative estimate of drug-likeness (QED) is 0.384. The second-order valence-electron chi connectivity index (χ2n) is 7.47. The van der Waals surface area contributed by atoms with Crippen molar-refractivity contribution < 1.29 is 18.3 Å². The number of rotatable bonds is 5. The number of H-pyrrole nitrogens is 1. The number of halogens is 3. The Labute approximate surface area is 175 Å². The minimum absolute atomic E-state index is 0.107. The summed E-state index contributed by atoms with van der Waals surface area (Å²) in [6.07, 6.45) is -4.20. The van der Waals surface area contributed by atoms with Crippen molar-refractivity contribution in [2.45, 2.75) is 18.2 Å². The molecule has 4 nitrogen and oxygen atoms in total. The van der Waals surface area contributed by atoms with Crippen LogP contribution in [0.2, 0.25) is 0 Å². The maximum atomic E-state index is 15.4. The number of para-hydroxylation sites is 2. The van der Waals surface area contributed by atoms with Gasteiger partial charge in [-0.1, -0.05) is 42.5 Å². The fourth-order valence-corrected chi connectivity index (χ4v) is 3.91. The third-order valence-electron chi connectivity index (χ3n) is 5.57. The summed E-state index contributed by atoms with van der Waals surface area (Å²) in [5.41, 5.74) is -1.28. The first kappa shape index (κ1) is 19.4. The summed E-state index contributed by atoms with van der Waals surface area (Å²) in [6.45, 7) is 0. The van der Waals surface area contributed by atoms with E-state index >= 15 is 4.39 Å². The molecule has 0 aliphatic rings. The van der Waals surface area contributed by atoms with Gasteiger partial charge in [0, 0.05) is 10.9 Å². The number of alkyl halides is 3. The van der Waals surface area contributed by atoms with Crippen molar-refractivity contribution in [1.82, 2.24) is 14.8 Å². The molecule has 5 aromatic rings. The molecule has 0 aliphatic heterocycles. The van der Waals surface area contributed by atoms with Crippen LogP contribution in [-0.2, 0) is 5.60 Å². The predicted molar refractivity (Wildman–Crippen MR) is 113 cm³/mol. The van der Waals surface area contributed by atoms with Crippen molar-refractivity contribution in [2.75, 3.05) is 0 Å². The van der Waals surface area contributed by atoms with Gasteiger partial charge in [0.05, 0.1) is 23.1 Å². The Morgan fingerprint density at radius 2 is 1.61 bits per heavy atom. The van der Waals surface area contributed by atoms with E-state index in [9.17, 15) is 13.9 Å². The number of nitrogens with zero attached hydrogens (tertiary/aromatic N) is 2. The molecule has 0 amide bonds. The zero-order chi connectivity index (χ0) is 21.6. The number of nitrogens with one attached hydrogen (secondary N) is 1. The third-order valence-corrected chi connectivity index (χ3v) is 5.57. The highest BCUT2D eigenvalue weighted by Gasteiger charge is 2.49. The summed E-state index contributed by atoms with van der Waals surface area (Å²) in [5, 5.41) is 16.4. The number of fused-ring (bicyclic) bond motifs is 2. The number of aromatic amines is 1. The van der Waals surface area contributed by atoms with Gasteiger partial charge in [-0.3, -0.25) is 0 Å². The Kier molecular flexibility index (Phi) is 4.55. The van der Waals surface area contributed by atoms with E-state index in [-0.39, 0.29) is 11.3 Å². The van der Waals surface area contributed by atoms with Gasteiger partial charge in [-0.15, -0.1) is 0 Å². The number of benzene rings is 3. The van der Waals surface area contributed by atoms with Crippen LogP contribution in [0.25, 0.3) is 27.5 Å². The highest BCUT2D eigenvalue weighted by Crippen LogP contribution is 2.44. The second-order valence-corrected chi connectivity index (χ2v) is 7.47. The molecule has 156 valence electrons. The summed E-state index contributed by atoms with van der Waals surface area (Å²) in [7, 11) is 0. The first-order valence-corrected chi connectivity index (χ1v) is 9.74. The fourth-order valence-electron chi connectivity index (χ4n) is 3.91. The summed E-state index contributed by atoms with van der Waals surface area (Å²) in [5.74, 6) is 0. The number of aromatic nitrogens is 3. The molecule has 0 saturated carbocycles. The molecule has 0 radical (unpaired) electrons. The summed E-state index contributed by atoms with van der Waals surface area (Å²) >= 11 is 0. The number of aliphatic hydroxyl groups is 1. The molecule has 31 heavy (non-hydrogen) atoms. The Morgan fingerprint density at radius 3 is 2.35 bits per heavy atom. The Bertz CT molecular complexity index is 1330. The molecule has 5 rings (SSSR count). The van der Waals surface area contributed by atoms with Gasteiger partial charge in [0.15, 0.2) is 11.8 Å². The molecule has 0 saturated heterocycles. The van der Waals surface area contributed by atoms with Crippen LogP contribution in [0.4, 0.5) is 13.2 Å². The lowest BCUT2D eigenvalue weighted by Gasteiger charge is -2.30. The monoisotopic (exact) mass is 421 g/mol. The molecule has 0 fully saturated rings. The van der Waals surface area contributed by atoms with Crippen molar-refractivity contribution in [3.63, 3.8) is 0 Å². The van der Waals surface area contributed by atoms with Crippen LogP contribution in [0.1, 0.15) is 17.4 Å². The lowest BCUT2D eigenvalue weighted by molar-refractivity contribution is -0.149. The van der Waals surface area contributed by atoms with Crippen molar-refractivity contribution in [3.05, 3.63) is 96.3 Å². The van der Waals surface area contributed by atoms with Gasteiger partial charge in [-0.05, 0) is 47.3 Å². The number of hydrogen-bond acceptors (Lipinski definition) is 2. The molecule has 2 unspecified atom stereocenters. The SMILES string of the molecule is OC(c1ccc2c(cnn2-c2ccccc2)c1)(C(F)F)C(F)c1cc2ccccc2[nH]1. The Hall–Kier alpha value is -3.58. The van der Waals surface area contributed by atoms with Crippen LogP contribution in [0, 0.1) is 0 Å². The standard InChI is InChI=1S/C24H18F3N3O/c25-22(20-13-15-6-4-5-9-19(15)29-20)24(31,23(26)27)17-10-11-21-16(12-17)14-28-30(21)18-7-2-1-3-8-18/h1-14,22-23,29,31H. The molecular weight excluding hydrogens is 403 g/mol. The van der Waals surface area contributed by atoms with E-state index < -0.39 is 18.2 Å². The molecule has 2 aromatic heterocycles. The molecule has 0 bridgehead atoms. The van der Waals surface area contributed by atoms with E-state index in [0.29, 0.717) is 21.8 Å². The van der Waals surface area contributed by atoms with Crippen LogP contribution < -0.4 is 0 Å². The highest BCUT2D eigenvalue weighted by molar-refractivity contribution is 5.82. The molecule has 2 heterocycles. The Balaban J connectivity index is 1.59. The molecule has 2 N–H and O–H groups in total. The van der Waals surface area contributed by atoms with Crippen LogP contribution in [0.5, 0.6) is 0 Å². The second kappa shape index (κ2) is 7.28. The molecule has 7 heteroatoms. The molecular formula is C24H18F3N3O. The molecule has 0 spiro atoms. The molecule has 3 aromatic carbocycles. The Morgan fingerprint density at radius 1 is 0.871 bits per heavy atom.